The van der Waals surface area contributed by atoms with Gasteiger partial charge in [-0.3, -0.25) is 0 Å². The van der Waals surface area contributed by atoms with Gasteiger partial charge in [0.2, 0.25) is 0 Å². The maximum atomic E-state index is 9.01. The second-order valence-corrected chi connectivity index (χ2v) is 8.18. The van der Waals surface area contributed by atoms with E-state index in [4.69, 9.17) is 15.6 Å². The summed E-state index contributed by atoms with van der Waals surface area (Å²) >= 11 is 0. The van der Waals surface area contributed by atoms with E-state index in [0.29, 0.717) is 12.5 Å². The summed E-state index contributed by atoms with van der Waals surface area (Å²) < 4.78 is 5.34. The Bertz CT molecular complexity index is 743. The molecule has 1 aliphatic rings. The lowest BCUT2D eigenvalue weighted by Crippen LogP contribution is -2.17. The molecule has 0 saturated heterocycles. The van der Waals surface area contributed by atoms with Gasteiger partial charge in [-0.05, 0) is 97.7 Å². The number of hydrogen-bond acceptors (Lipinski definition) is 3. The first-order chi connectivity index (χ1) is 13.7. The highest BCUT2D eigenvalue weighted by atomic mass is 16.5. The molecule has 3 N–H and O–H groups in total. The number of aliphatic hydroxyl groups excluding tert-OH is 1. The van der Waals surface area contributed by atoms with E-state index in [1.807, 2.05) is 6.07 Å². The third-order valence-electron chi connectivity index (χ3n) is 6.25. The van der Waals surface area contributed by atoms with Crippen LogP contribution in [0, 0.1) is 5.92 Å². The van der Waals surface area contributed by atoms with Crippen LogP contribution in [-0.2, 0) is 19.3 Å². The first-order valence-corrected chi connectivity index (χ1v) is 10.8. The van der Waals surface area contributed by atoms with Crippen LogP contribution in [0.4, 0.5) is 0 Å². The van der Waals surface area contributed by atoms with E-state index in [1.54, 1.807) is 7.11 Å². The maximum absolute atomic E-state index is 9.01. The van der Waals surface area contributed by atoms with Gasteiger partial charge in [-0.15, -0.1) is 0 Å². The zero-order valence-electron chi connectivity index (χ0n) is 17.2. The van der Waals surface area contributed by atoms with Crippen LogP contribution in [-0.4, -0.2) is 25.4 Å². The molecule has 2 aromatic rings. The molecule has 3 heteroatoms. The molecule has 0 radical (unpaired) electrons. The first kappa shape index (κ1) is 20.9. The second kappa shape index (κ2) is 10.6. The Labute approximate surface area is 169 Å². The summed E-state index contributed by atoms with van der Waals surface area (Å²) in [4.78, 5) is 0. The van der Waals surface area contributed by atoms with Crippen molar-refractivity contribution in [3.8, 4) is 5.75 Å². The van der Waals surface area contributed by atoms with Crippen molar-refractivity contribution in [2.24, 2.45) is 11.7 Å². The number of aliphatic hydroxyl groups is 1. The average Bonchev–Trinajstić information content (AvgIpc) is 2.75. The molecule has 0 aliphatic heterocycles. The van der Waals surface area contributed by atoms with Crippen LogP contribution in [0.2, 0.25) is 0 Å². The highest BCUT2D eigenvalue weighted by molar-refractivity contribution is 5.36. The van der Waals surface area contributed by atoms with Gasteiger partial charge in [-0.25, -0.2) is 0 Å². The molecule has 152 valence electrons. The van der Waals surface area contributed by atoms with Gasteiger partial charge in [0.15, 0.2) is 0 Å². The minimum Gasteiger partial charge on any atom is -0.497 e. The molecule has 2 aromatic carbocycles. The second-order valence-electron chi connectivity index (χ2n) is 8.18. The largest absolute Gasteiger partial charge is 0.497 e. The number of ether oxygens (including phenoxy) is 1. The number of aryl methyl sites for hydroxylation is 2. The summed E-state index contributed by atoms with van der Waals surface area (Å²) in [7, 11) is 1.73. The summed E-state index contributed by atoms with van der Waals surface area (Å²) in [5.41, 5.74) is 11.8. The fourth-order valence-corrected chi connectivity index (χ4v) is 4.47. The molecule has 1 aliphatic carbocycles. The van der Waals surface area contributed by atoms with Crippen LogP contribution in [0.3, 0.4) is 0 Å². The molecule has 3 nitrogen and oxygen atoms in total. The van der Waals surface area contributed by atoms with E-state index >= 15 is 0 Å². The van der Waals surface area contributed by atoms with E-state index in [1.165, 1.54) is 47.9 Å². The van der Waals surface area contributed by atoms with Crippen LogP contribution in [0.25, 0.3) is 0 Å². The first-order valence-electron chi connectivity index (χ1n) is 10.8. The Kier molecular flexibility index (Phi) is 7.93. The van der Waals surface area contributed by atoms with Crippen molar-refractivity contribution in [2.75, 3.05) is 20.3 Å². The lowest BCUT2D eigenvalue weighted by molar-refractivity contribution is 0.281. The van der Waals surface area contributed by atoms with Crippen molar-refractivity contribution >= 4 is 0 Å². The Morgan fingerprint density at radius 3 is 2.82 bits per heavy atom. The summed E-state index contributed by atoms with van der Waals surface area (Å²) in [5, 5.41) is 9.01. The molecule has 2 atom stereocenters. The van der Waals surface area contributed by atoms with Crippen LogP contribution in [0.15, 0.2) is 42.5 Å². The molecule has 0 heterocycles. The Morgan fingerprint density at radius 2 is 2.04 bits per heavy atom. The van der Waals surface area contributed by atoms with Gasteiger partial charge in [0.1, 0.15) is 5.75 Å². The summed E-state index contributed by atoms with van der Waals surface area (Å²) in [6.07, 6.45) is 8.99. The molecule has 28 heavy (non-hydrogen) atoms. The number of rotatable bonds is 10. The SMILES string of the molecule is COc1cccc(CC[C@H]2CCc3cc([C@H](CN)CCCCO)ccc3C2)c1. The van der Waals surface area contributed by atoms with Crippen LogP contribution < -0.4 is 10.5 Å². The van der Waals surface area contributed by atoms with Gasteiger partial charge in [0.05, 0.1) is 7.11 Å². The van der Waals surface area contributed by atoms with Crippen LogP contribution in [0.1, 0.15) is 60.3 Å². The topological polar surface area (TPSA) is 55.5 Å². The molecule has 0 spiro atoms. The Balaban J connectivity index is 1.57. The van der Waals surface area contributed by atoms with Crippen molar-refractivity contribution in [3.63, 3.8) is 0 Å². The van der Waals surface area contributed by atoms with E-state index in [9.17, 15) is 0 Å². The predicted molar refractivity (Wildman–Crippen MR) is 116 cm³/mol. The third kappa shape index (κ3) is 5.59. The zero-order chi connectivity index (χ0) is 19.8. The van der Waals surface area contributed by atoms with Crippen molar-refractivity contribution in [1.29, 1.82) is 0 Å². The van der Waals surface area contributed by atoms with E-state index in [0.717, 1.165) is 37.4 Å². The number of hydrogen-bond donors (Lipinski definition) is 2. The number of fused-ring (bicyclic) bond motifs is 1. The van der Waals surface area contributed by atoms with Crippen molar-refractivity contribution in [3.05, 3.63) is 64.7 Å². The quantitative estimate of drug-likeness (QED) is 0.590. The number of nitrogens with two attached hydrogens (primary N) is 1. The smallest absolute Gasteiger partial charge is 0.119 e. The van der Waals surface area contributed by atoms with Gasteiger partial charge in [-0.1, -0.05) is 36.8 Å². The van der Waals surface area contributed by atoms with Gasteiger partial charge in [-0.2, -0.15) is 0 Å². The van der Waals surface area contributed by atoms with Crippen LogP contribution >= 0.6 is 0 Å². The maximum Gasteiger partial charge on any atom is 0.119 e. The number of methoxy groups -OCH3 is 1. The molecule has 0 fully saturated rings. The lowest BCUT2D eigenvalue weighted by atomic mass is 9.79. The minimum atomic E-state index is 0.276. The molecule has 0 bridgehead atoms. The fourth-order valence-electron chi connectivity index (χ4n) is 4.47. The van der Waals surface area contributed by atoms with Crippen molar-refractivity contribution < 1.29 is 9.84 Å². The van der Waals surface area contributed by atoms with Gasteiger partial charge in [0, 0.05) is 6.61 Å². The highest BCUT2D eigenvalue weighted by Gasteiger charge is 2.20. The highest BCUT2D eigenvalue weighted by Crippen LogP contribution is 2.32. The van der Waals surface area contributed by atoms with E-state index in [2.05, 4.69) is 36.4 Å². The zero-order valence-corrected chi connectivity index (χ0v) is 17.2. The van der Waals surface area contributed by atoms with E-state index < -0.39 is 0 Å². The standard InChI is InChI=1S/C25H35NO2/c1-28-25-7-4-5-19(16-25)8-9-20-10-11-22-17-23(13-12-21(22)15-20)24(18-26)6-2-3-14-27/h4-5,7,12-13,16-17,20,24,27H,2-3,6,8-11,14-15,18,26H2,1H3/t20-,24-/m0/s1. The normalized spacial score (nSPS) is 17.2. The lowest BCUT2D eigenvalue weighted by Gasteiger charge is -2.26. The Hall–Kier alpha value is -1.84. The number of unbranched alkanes of at least 4 members (excludes halogenated alkanes) is 1. The monoisotopic (exact) mass is 381 g/mol. The summed E-state index contributed by atoms with van der Waals surface area (Å²) in [6, 6.07) is 15.5. The van der Waals surface area contributed by atoms with Gasteiger partial charge >= 0.3 is 0 Å². The van der Waals surface area contributed by atoms with Crippen molar-refractivity contribution in [1.82, 2.24) is 0 Å². The molecule has 0 amide bonds. The average molecular weight is 382 g/mol. The molecule has 0 aromatic heterocycles. The van der Waals surface area contributed by atoms with Crippen molar-refractivity contribution in [2.45, 2.75) is 57.3 Å². The molecule has 3 rings (SSSR count). The Morgan fingerprint density at radius 1 is 1.14 bits per heavy atom. The molecular weight excluding hydrogens is 346 g/mol. The van der Waals surface area contributed by atoms with Gasteiger partial charge in [0.25, 0.3) is 0 Å². The minimum absolute atomic E-state index is 0.276. The predicted octanol–water partition coefficient (Wildman–Crippen LogP) is 4.64. The van der Waals surface area contributed by atoms with E-state index in [-0.39, 0.29) is 6.61 Å². The summed E-state index contributed by atoms with van der Waals surface area (Å²) in [5.74, 6) is 2.13. The van der Waals surface area contributed by atoms with Crippen LogP contribution in [0.5, 0.6) is 5.75 Å². The molecule has 0 unspecified atom stereocenters. The molecule has 0 saturated carbocycles. The third-order valence-corrected chi connectivity index (χ3v) is 6.25. The number of benzene rings is 2. The molecular formula is C25H35NO2. The fraction of sp³-hybridized carbons (Fsp3) is 0.520. The van der Waals surface area contributed by atoms with Gasteiger partial charge < -0.3 is 15.6 Å². The summed E-state index contributed by atoms with van der Waals surface area (Å²) in [6.45, 7) is 0.964.